The number of amides is 1. The fraction of sp³-hybridized carbons (Fsp3) is 0.0870. The van der Waals surface area contributed by atoms with Gasteiger partial charge in [-0.3, -0.25) is 4.79 Å². The Bertz CT molecular complexity index is 1230. The van der Waals surface area contributed by atoms with E-state index in [9.17, 15) is 13.6 Å². The standard InChI is InChI=1S/C23H18F2N4O/c1-14-6-11-20(15(2)12-14)29-22(16-7-9-17(24)10-8-16)27-21(28-29)23(30)26-19-5-3-4-18(25)13-19/h3-13H,1-2H3,(H,26,30). The molecule has 0 aliphatic carbocycles. The summed E-state index contributed by atoms with van der Waals surface area (Å²) >= 11 is 0. The van der Waals surface area contributed by atoms with Crippen molar-refractivity contribution in [1.82, 2.24) is 14.8 Å². The second kappa shape index (κ2) is 7.87. The summed E-state index contributed by atoms with van der Waals surface area (Å²) in [7, 11) is 0. The van der Waals surface area contributed by atoms with Gasteiger partial charge in [-0.05, 0) is 67.9 Å². The molecule has 0 radical (unpaired) electrons. The lowest BCUT2D eigenvalue weighted by molar-refractivity contribution is 0.101. The van der Waals surface area contributed by atoms with Crippen LogP contribution in [0.1, 0.15) is 21.7 Å². The van der Waals surface area contributed by atoms with Gasteiger partial charge < -0.3 is 5.32 Å². The first-order chi connectivity index (χ1) is 14.4. The zero-order chi connectivity index (χ0) is 21.3. The van der Waals surface area contributed by atoms with Crippen LogP contribution in [0.25, 0.3) is 17.1 Å². The molecule has 1 heterocycles. The number of carbonyl (C=O) groups is 1. The highest BCUT2D eigenvalue weighted by Crippen LogP contribution is 2.24. The zero-order valence-corrected chi connectivity index (χ0v) is 16.4. The molecule has 4 rings (SSSR count). The molecule has 3 aromatic carbocycles. The Labute approximate surface area is 172 Å². The zero-order valence-electron chi connectivity index (χ0n) is 16.4. The van der Waals surface area contributed by atoms with Gasteiger partial charge in [0.1, 0.15) is 11.6 Å². The predicted octanol–water partition coefficient (Wildman–Crippen LogP) is 5.08. The topological polar surface area (TPSA) is 59.8 Å². The van der Waals surface area contributed by atoms with Gasteiger partial charge in [-0.2, -0.15) is 0 Å². The first kappa shape index (κ1) is 19.4. The first-order valence-corrected chi connectivity index (χ1v) is 9.28. The molecule has 0 atom stereocenters. The van der Waals surface area contributed by atoms with E-state index in [4.69, 9.17) is 0 Å². The molecule has 1 amide bonds. The molecule has 0 unspecified atom stereocenters. The van der Waals surface area contributed by atoms with Gasteiger partial charge in [0.05, 0.1) is 5.69 Å². The van der Waals surface area contributed by atoms with E-state index in [1.165, 1.54) is 30.3 Å². The van der Waals surface area contributed by atoms with E-state index in [0.29, 0.717) is 17.1 Å². The van der Waals surface area contributed by atoms with Gasteiger partial charge in [-0.15, -0.1) is 5.10 Å². The van der Waals surface area contributed by atoms with E-state index >= 15 is 0 Å². The monoisotopic (exact) mass is 404 g/mol. The second-order valence-corrected chi connectivity index (χ2v) is 6.93. The molecule has 4 aromatic rings. The highest BCUT2D eigenvalue weighted by Gasteiger charge is 2.20. The number of carbonyl (C=O) groups excluding carboxylic acids is 1. The normalized spacial score (nSPS) is 10.8. The van der Waals surface area contributed by atoms with E-state index < -0.39 is 11.7 Å². The molecular formula is C23H18F2N4O. The Balaban J connectivity index is 1.79. The molecule has 0 aliphatic rings. The van der Waals surface area contributed by atoms with Crippen LogP contribution in [0.3, 0.4) is 0 Å². The van der Waals surface area contributed by atoms with Crippen LogP contribution in [0.2, 0.25) is 0 Å². The number of aryl methyl sites for hydroxylation is 2. The third-order valence-corrected chi connectivity index (χ3v) is 4.58. The third-order valence-electron chi connectivity index (χ3n) is 4.58. The summed E-state index contributed by atoms with van der Waals surface area (Å²) in [4.78, 5) is 17.1. The Kier molecular flexibility index (Phi) is 5.10. The number of nitrogens with one attached hydrogen (secondary N) is 1. The summed E-state index contributed by atoms with van der Waals surface area (Å²) in [6, 6.07) is 17.2. The third kappa shape index (κ3) is 3.96. The molecule has 30 heavy (non-hydrogen) atoms. The first-order valence-electron chi connectivity index (χ1n) is 9.28. The number of hydrogen-bond donors (Lipinski definition) is 1. The highest BCUT2D eigenvalue weighted by molar-refractivity contribution is 6.01. The van der Waals surface area contributed by atoms with Crippen molar-refractivity contribution in [2.45, 2.75) is 13.8 Å². The van der Waals surface area contributed by atoms with E-state index in [1.54, 1.807) is 22.9 Å². The fourth-order valence-electron chi connectivity index (χ4n) is 3.16. The quantitative estimate of drug-likeness (QED) is 0.516. The Morgan fingerprint density at radius 3 is 2.40 bits per heavy atom. The molecule has 0 bridgehead atoms. The lowest BCUT2D eigenvalue weighted by Gasteiger charge is -2.09. The summed E-state index contributed by atoms with van der Waals surface area (Å²) in [5.74, 6) is -1.11. The summed E-state index contributed by atoms with van der Waals surface area (Å²) < 4.78 is 28.4. The van der Waals surface area contributed by atoms with Gasteiger partial charge in [0.25, 0.3) is 5.91 Å². The van der Waals surface area contributed by atoms with Crippen molar-refractivity contribution in [1.29, 1.82) is 0 Å². The molecule has 5 nitrogen and oxygen atoms in total. The van der Waals surface area contributed by atoms with Crippen molar-refractivity contribution in [3.05, 3.63) is 95.3 Å². The van der Waals surface area contributed by atoms with Gasteiger partial charge in [-0.1, -0.05) is 23.8 Å². The Morgan fingerprint density at radius 1 is 0.933 bits per heavy atom. The lowest BCUT2D eigenvalue weighted by Crippen LogP contribution is -2.14. The van der Waals surface area contributed by atoms with Gasteiger partial charge >= 0.3 is 0 Å². The summed E-state index contributed by atoms with van der Waals surface area (Å²) in [6.45, 7) is 3.92. The fourth-order valence-corrected chi connectivity index (χ4v) is 3.16. The van der Waals surface area contributed by atoms with Gasteiger partial charge in [0, 0.05) is 11.3 Å². The van der Waals surface area contributed by atoms with Crippen LogP contribution in [0, 0.1) is 25.5 Å². The molecule has 1 N–H and O–H groups in total. The van der Waals surface area contributed by atoms with Crippen LogP contribution in [0.4, 0.5) is 14.5 Å². The molecular weight excluding hydrogens is 386 g/mol. The van der Waals surface area contributed by atoms with E-state index in [0.717, 1.165) is 16.8 Å². The number of anilines is 1. The average Bonchev–Trinajstić information content (AvgIpc) is 3.14. The number of nitrogens with zero attached hydrogens (tertiary/aromatic N) is 3. The van der Waals surface area contributed by atoms with E-state index in [2.05, 4.69) is 15.4 Å². The van der Waals surface area contributed by atoms with Crippen LogP contribution in [0.5, 0.6) is 0 Å². The molecule has 0 aliphatic heterocycles. The van der Waals surface area contributed by atoms with Crippen molar-refractivity contribution in [3.63, 3.8) is 0 Å². The SMILES string of the molecule is Cc1ccc(-n2nc(C(=O)Nc3cccc(F)c3)nc2-c2ccc(F)cc2)c(C)c1. The molecule has 0 spiro atoms. The van der Waals surface area contributed by atoms with Gasteiger partial charge in [0.2, 0.25) is 5.82 Å². The van der Waals surface area contributed by atoms with Crippen molar-refractivity contribution in [3.8, 4) is 17.1 Å². The van der Waals surface area contributed by atoms with Crippen LogP contribution in [-0.4, -0.2) is 20.7 Å². The van der Waals surface area contributed by atoms with Crippen LogP contribution in [-0.2, 0) is 0 Å². The summed E-state index contributed by atoms with van der Waals surface area (Å²) in [5, 5.41) is 6.99. The van der Waals surface area contributed by atoms with Crippen LogP contribution in [0.15, 0.2) is 66.7 Å². The minimum atomic E-state index is -0.576. The molecule has 0 saturated heterocycles. The Morgan fingerprint density at radius 2 is 1.70 bits per heavy atom. The Hall–Kier alpha value is -3.87. The maximum absolute atomic E-state index is 13.4. The van der Waals surface area contributed by atoms with Crippen molar-refractivity contribution in [2.75, 3.05) is 5.32 Å². The van der Waals surface area contributed by atoms with E-state index in [1.807, 2.05) is 32.0 Å². The average molecular weight is 404 g/mol. The molecule has 150 valence electrons. The number of hydrogen-bond acceptors (Lipinski definition) is 3. The minimum Gasteiger partial charge on any atom is -0.319 e. The summed E-state index contributed by atoms with van der Waals surface area (Å²) in [5.41, 5.74) is 3.68. The highest BCUT2D eigenvalue weighted by atomic mass is 19.1. The smallest absolute Gasteiger partial charge is 0.295 e. The molecule has 7 heteroatoms. The molecule has 0 fully saturated rings. The van der Waals surface area contributed by atoms with Crippen molar-refractivity contribution >= 4 is 11.6 Å². The molecule has 0 saturated carbocycles. The maximum atomic E-state index is 13.4. The van der Waals surface area contributed by atoms with Crippen molar-refractivity contribution in [2.24, 2.45) is 0 Å². The predicted molar refractivity (Wildman–Crippen MR) is 111 cm³/mol. The number of aromatic nitrogens is 3. The number of halogens is 2. The van der Waals surface area contributed by atoms with Gasteiger partial charge in [-0.25, -0.2) is 18.4 Å². The minimum absolute atomic E-state index is 0.0847. The second-order valence-electron chi connectivity index (χ2n) is 6.93. The van der Waals surface area contributed by atoms with Crippen molar-refractivity contribution < 1.29 is 13.6 Å². The number of rotatable bonds is 4. The largest absolute Gasteiger partial charge is 0.319 e. The van der Waals surface area contributed by atoms with E-state index in [-0.39, 0.29) is 11.6 Å². The van der Waals surface area contributed by atoms with Crippen LogP contribution < -0.4 is 5.32 Å². The lowest BCUT2D eigenvalue weighted by atomic mass is 10.1. The van der Waals surface area contributed by atoms with Gasteiger partial charge in [0.15, 0.2) is 5.82 Å². The van der Waals surface area contributed by atoms with Crippen LogP contribution >= 0.6 is 0 Å². The maximum Gasteiger partial charge on any atom is 0.295 e. The molecule has 1 aromatic heterocycles. The summed E-state index contributed by atoms with van der Waals surface area (Å²) in [6.07, 6.45) is 0. The number of benzene rings is 3.